The highest BCUT2D eigenvalue weighted by Crippen LogP contribution is 1.88. The summed E-state index contributed by atoms with van der Waals surface area (Å²) >= 11 is 5.20. The number of rotatable bonds is 3. The molecule has 3 heteroatoms. The molecule has 0 rings (SSSR count). The van der Waals surface area contributed by atoms with Crippen molar-refractivity contribution in [3.63, 3.8) is 0 Å². The fraction of sp³-hybridized carbons (Fsp3) is 0.400. The average molecular weight is 135 g/mol. The van der Waals surface area contributed by atoms with E-state index in [1.54, 1.807) is 0 Å². The summed E-state index contributed by atoms with van der Waals surface area (Å²) in [6, 6.07) is 0. The predicted octanol–water partition coefficient (Wildman–Crippen LogP) is 1.30. The van der Waals surface area contributed by atoms with Gasteiger partial charge in [-0.05, 0) is 0 Å². The molecule has 0 aliphatic heterocycles. The molecule has 0 fully saturated rings. The van der Waals surface area contributed by atoms with Gasteiger partial charge >= 0.3 is 5.97 Å². The van der Waals surface area contributed by atoms with Gasteiger partial charge in [-0.25, -0.2) is 0 Å². The molecule has 2 nitrogen and oxygen atoms in total. The first-order chi connectivity index (χ1) is 3.81. The zero-order valence-corrected chi connectivity index (χ0v) is 5.15. The van der Waals surface area contributed by atoms with Gasteiger partial charge in [-0.1, -0.05) is 6.58 Å². The largest absolute Gasteiger partial charge is 0.435 e. The summed E-state index contributed by atoms with van der Waals surface area (Å²) in [5.74, 6) is -0.0397. The highest BCUT2D eigenvalue weighted by molar-refractivity contribution is 6.18. The van der Waals surface area contributed by atoms with E-state index in [-0.39, 0.29) is 12.4 Å². The van der Waals surface area contributed by atoms with Gasteiger partial charge in [0, 0.05) is 5.88 Å². The zero-order valence-electron chi connectivity index (χ0n) is 4.39. The van der Waals surface area contributed by atoms with E-state index in [0.29, 0.717) is 5.88 Å². The molecule has 0 radical (unpaired) electrons. The lowest BCUT2D eigenvalue weighted by Gasteiger charge is -1.91. The summed E-state index contributed by atoms with van der Waals surface area (Å²) < 4.78 is 4.32. The number of alkyl halides is 1. The Bertz CT molecular complexity index is 90.4. The van der Waals surface area contributed by atoms with Crippen molar-refractivity contribution in [2.24, 2.45) is 0 Å². The highest BCUT2D eigenvalue weighted by Gasteiger charge is 1.95. The predicted molar refractivity (Wildman–Crippen MR) is 31.6 cm³/mol. The molecular weight excluding hydrogens is 128 g/mol. The molecule has 0 aromatic carbocycles. The topological polar surface area (TPSA) is 26.3 Å². The van der Waals surface area contributed by atoms with Crippen LogP contribution < -0.4 is 0 Å². The first-order valence-corrected chi connectivity index (χ1v) is 2.71. The molecule has 0 bridgehead atoms. The Labute approximate surface area is 53.1 Å². The summed E-state index contributed by atoms with van der Waals surface area (Å²) in [7, 11) is 0. The Morgan fingerprint density at radius 1 is 1.88 bits per heavy atom. The molecular formula is C5H7ClO2. The third-order valence-corrected chi connectivity index (χ3v) is 0.702. The van der Waals surface area contributed by atoms with Crippen LogP contribution in [0.1, 0.15) is 6.42 Å². The summed E-state index contributed by atoms with van der Waals surface area (Å²) in [6.45, 7) is 3.20. The van der Waals surface area contributed by atoms with Crippen LogP contribution in [-0.4, -0.2) is 11.8 Å². The lowest BCUT2D eigenvalue weighted by molar-refractivity contribution is -0.137. The second kappa shape index (κ2) is 4.65. The van der Waals surface area contributed by atoms with E-state index >= 15 is 0 Å². The van der Waals surface area contributed by atoms with Crippen LogP contribution in [0.5, 0.6) is 0 Å². The van der Waals surface area contributed by atoms with Crippen molar-refractivity contribution in [2.75, 3.05) is 5.88 Å². The molecule has 0 saturated carbocycles. The normalized spacial score (nSPS) is 8.12. The van der Waals surface area contributed by atoms with E-state index in [1.807, 2.05) is 0 Å². The molecule has 0 N–H and O–H groups in total. The van der Waals surface area contributed by atoms with Crippen molar-refractivity contribution in [2.45, 2.75) is 6.42 Å². The Morgan fingerprint density at radius 3 is 2.88 bits per heavy atom. The smallest absolute Gasteiger partial charge is 0.311 e. The molecule has 46 valence electrons. The van der Waals surface area contributed by atoms with Gasteiger partial charge in [0.25, 0.3) is 0 Å². The Kier molecular flexibility index (Phi) is 4.36. The number of halogens is 1. The summed E-state index contributed by atoms with van der Waals surface area (Å²) in [5, 5.41) is 0. The van der Waals surface area contributed by atoms with E-state index in [4.69, 9.17) is 11.6 Å². The fourth-order valence-electron chi connectivity index (χ4n) is 0.229. The van der Waals surface area contributed by atoms with Gasteiger partial charge in [-0.15, -0.1) is 11.6 Å². The lowest BCUT2D eigenvalue weighted by Crippen LogP contribution is -1.98. The number of hydrogen-bond acceptors (Lipinski definition) is 2. The minimum Gasteiger partial charge on any atom is -0.435 e. The molecule has 8 heavy (non-hydrogen) atoms. The maximum atomic E-state index is 10.3. The molecule has 0 heterocycles. The van der Waals surface area contributed by atoms with Gasteiger partial charge in [0.05, 0.1) is 12.7 Å². The Balaban J connectivity index is 3.18. The zero-order chi connectivity index (χ0) is 6.41. The van der Waals surface area contributed by atoms with Gasteiger partial charge in [0.15, 0.2) is 0 Å². The van der Waals surface area contributed by atoms with Crippen LogP contribution in [0.4, 0.5) is 0 Å². The van der Waals surface area contributed by atoms with Crippen LogP contribution in [0.15, 0.2) is 12.8 Å². The minimum atomic E-state index is -0.338. The van der Waals surface area contributed by atoms with Gasteiger partial charge in [0.2, 0.25) is 0 Å². The number of carbonyl (C=O) groups excluding carboxylic acids is 1. The second-order valence-electron chi connectivity index (χ2n) is 1.10. The molecule has 0 spiro atoms. The SMILES string of the molecule is C=COC(=O)CCCl. The summed E-state index contributed by atoms with van der Waals surface area (Å²) in [6.07, 6.45) is 1.34. The van der Waals surface area contributed by atoms with Crippen molar-refractivity contribution < 1.29 is 9.53 Å². The van der Waals surface area contributed by atoms with E-state index in [1.165, 1.54) is 0 Å². The number of ether oxygens (including phenoxy) is 1. The van der Waals surface area contributed by atoms with Crippen LogP contribution >= 0.6 is 11.6 Å². The molecule has 0 amide bonds. The first-order valence-electron chi connectivity index (χ1n) is 2.17. The first kappa shape index (κ1) is 7.50. The molecule has 0 aromatic heterocycles. The van der Waals surface area contributed by atoms with Crippen molar-refractivity contribution in [1.82, 2.24) is 0 Å². The van der Waals surface area contributed by atoms with Gasteiger partial charge in [0.1, 0.15) is 0 Å². The van der Waals surface area contributed by atoms with Gasteiger partial charge in [-0.3, -0.25) is 4.79 Å². The molecule has 0 saturated heterocycles. The minimum absolute atomic E-state index is 0.244. The van der Waals surface area contributed by atoms with Crippen LogP contribution in [-0.2, 0) is 9.53 Å². The van der Waals surface area contributed by atoms with Crippen molar-refractivity contribution >= 4 is 17.6 Å². The molecule has 0 aromatic rings. The van der Waals surface area contributed by atoms with E-state index in [9.17, 15) is 4.79 Å². The van der Waals surface area contributed by atoms with Crippen molar-refractivity contribution in [1.29, 1.82) is 0 Å². The standard InChI is InChI=1S/C5H7ClO2/c1-2-8-5(7)3-4-6/h2H,1,3-4H2. The third-order valence-electron chi connectivity index (χ3n) is 0.513. The van der Waals surface area contributed by atoms with Crippen molar-refractivity contribution in [3.8, 4) is 0 Å². The van der Waals surface area contributed by atoms with Gasteiger partial charge in [-0.2, -0.15) is 0 Å². The Hall–Kier alpha value is -0.500. The average Bonchev–Trinajstić information content (AvgIpc) is 1.68. The van der Waals surface area contributed by atoms with Gasteiger partial charge < -0.3 is 4.74 Å². The van der Waals surface area contributed by atoms with Crippen LogP contribution in [0, 0.1) is 0 Å². The number of carbonyl (C=O) groups is 1. The number of hydrogen-bond donors (Lipinski definition) is 0. The van der Waals surface area contributed by atoms with Crippen LogP contribution in [0.25, 0.3) is 0 Å². The van der Waals surface area contributed by atoms with E-state index in [2.05, 4.69) is 11.3 Å². The maximum absolute atomic E-state index is 10.3. The monoisotopic (exact) mass is 134 g/mol. The maximum Gasteiger partial charge on any atom is 0.311 e. The number of esters is 1. The van der Waals surface area contributed by atoms with E-state index < -0.39 is 0 Å². The van der Waals surface area contributed by atoms with Crippen molar-refractivity contribution in [3.05, 3.63) is 12.8 Å². The summed E-state index contributed by atoms with van der Waals surface area (Å²) in [4.78, 5) is 10.3. The molecule has 0 unspecified atom stereocenters. The molecule has 0 aliphatic rings. The van der Waals surface area contributed by atoms with Crippen LogP contribution in [0.3, 0.4) is 0 Å². The van der Waals surface area contributed by atoms with E-state index in [0.717, 1.165) is 6.26 Å². The second-order valence-corrected chi connectivity index (χ2v) is 1.47. The molecule has 0 aliphatic carbocycles. The quantitative estimate of drug-likeness (QED) is 0.331. The fourth-order valence-corrected chi connectivity index (χ4v) is 0.383. The highest BCUT2D eigenvalue weighted by atomic mass is 35.5. The lowest BCUT2D eigenvalue weighted by atomic mass is 10.5. The summed E-state index contributed by atoms with van der Waals surface area (Å²) in [5.41, 5.74) is 0. The third kappa shape index (κ3) is 3.68. The van der Waals surface area contributed by atoms with Crippen LogP contribution in [0.2, 0.25) is 0 Å². The Morgan fingerprint density at radius 2 is 2.50 bits per heavy atom. The molecule has 0 atom stereocenters.